The van der Waals surface area contributed by atoms with Gasteiger partial charge in [0.1, 0.15) is 11.6 Å². The molecule has 2 aliphatic rings. The Bertz CT molecular complexity index is 1200. The summed E-state index contributed by atoms with van der Waals surface area (Å²) in [6.07, 6.45) is 1.53. The average Bonchev–Trinajstić information content (AvgIpc) is 3.55. The molecule has 1 N–H and O–H groups in total. The Labute approximate surface area is 207 Å². The molecule has 1 unspecified atom stereocenters. The van der Waals surface area contributed by atoms with Gasteiger partial charge in [-0.05, 0) is 79.4 Å². The zero-order valence-electron chi connectivity index (χ0n) is 18.6. The number of nitrogens with zero attached hydrogens (tertiary/aromatic N) is 1. The fourth-order valence-corrected chi connectivity index (χ4v) is 5.24. The van der Waals surface area contributed by atoms with Gasteiger partial charge in [-0.2, -0.15) is 0 Å². The van der Waals surface area contributed by atoms with Crippen molar-refractivity contribution in [2.45, 2.75) is 30.7 Å². The van der Waals surface area contributed by atoms with Crippen LogP contribution in [0.15, 0.2) is 66.7 Å². The van der Waals surface area contributed by atoms with Gasteiger partial charge in [0.05, 0.1) is 11.0 Å². The smallest absolute Gasteiger partial charge is 0.238 e. The molecule has 0 aromatic heterocycles. The van der Waals surface area contributed by atoms with Crippen LogP contribution >= 0.6 is 23.2 Å². The number of halogens is 4. The molecule has 1 atom stereocenters. The molecule has 1 heterocycles. The van der Waals surface area contributed by atoms with Gasteiger partial charge in [-0.3, -0.25) is 4.79 Å². The molecular formula is C27H24Cl2F2N2O. The third kappa shape index (κ3) is 3.90. The van der Waals surface area contributed by atoms with Gasteiger partial charge in [-0.25, -0.2) is 8.78 Å². The maximum absolute atomic E-state index is 14.6. The number of benzene rings is 3. The first-order chi connectivity index (χ1) is 16.2. The highest BCUT2D eigenvalue weighted by Crippen LogP contribution is 2.55. The third-order valence-corrected chi connectivity index (χ3v) is 7.83. The summed E-state index contributed by atoms with van der Waals surface area (Å²) in [4.78, 5) is 16.4. The lowest BCUT2D eigenvalue weighted by Gasteiger charge is -2.47. The van der Waals surface area contributed by atoms with Crippen LogP contribution in [0.3, 0.4) is 0 Å². The molecule has 3 aromatic rings. The number of nitrogens with one attached hydrogen (secondary N) is 1. The Balaban J connectivity index is 1.67. The van der Waals surface area contributed by atoms with Crippen molar-refractivity contribution in [3.63, 3.8) is 0 Å². The lowest BCUT2D eigenvalue weighted by molar-refractivity contribution is -0.127. The number of carbonyl (C=O) groups is 1. The van der Waals surface area contributed by atoms with Crippen molar-refractivity contribution in [2.24, 2.45) is 5.92 Å². The second-order valence-electron chi connectivity index (χ2n) is 9.37. The predicted octanol–water partition coefficient (Wildman–Crippen LogP) is 6.47. The molecule has 1 aliphatic heterocycles. The monoisotopic (exact) mass is 500 g/mol. The number of rotatable bonds is 6. The zero-order chi connectivity index (χ0) is 24.1. The van der Waals surface area contributed by atoms with Gasteiger partial charge in [-0.15, -0.1) is 0 Å². The molecule has 34 heavy (non-hydrogen) atoms. The van der Waals surface area contributed by atoms with E-state index < -0.39 is 22.6 Å². The molecule has 0 spiro atoms. The summed E-state index contributed by atoms with van der Waals surface area (Å²) >= 11 is 12.3. The number of anilines is 1. The van der Waals surface area contributed by atoms with Crippen LogP contribution in [0.25, 0.3) is 0 Å². The topological polar surface area (TPSA) is 32.3 Å². The second-order valence-corrected chi connectivity index (χ2v) is 10.2. The minimum Gasteiger partial charge on any atom is -0.316 e. The lowest BCUT2D eigenvalue weighted by Crippen LogP contribution is -2.61. The second kappa shape index (κ2) is 8.63. The van der Waals surface area contributed by atoms with E-state index in [1.54, 1.807) is 19.1 Å². The van der Waals surface area contributed by atoms with E-state index in [2.05, 4.69) is 5.32 Å². The third-order valence-electron chi connectivity index (χ3n) is 7.33. The molecule has 0 radical (unpaired) electrons. The van der Waals surface area contributed by atoms with Crippen molar-refractivity contribution in [3.05, 3.63) is 99.5 Å². The van der Waals surface area contributed by atoms with Gasteiger partial charge in [0.25, 0.3) is 0 Å². The van der Waals surface area contributed by atoms with Crippen LogP contribution in [-0.4, -0.2) is 19.0 Å². The lowest BCUT2D eigenvalue weighted by atomic mass is 9.67. The number of carbonyl (C=O) groups excluding carboxylic acids is 1. The number of hydrogen-bond acceptors (Lipinski definition) is 2. The van der Waals surface area contributed by atoms with Gasteiger partial charge in [0, 0.05) is 40.8 Å². The molecule has 1 saturated carbocycles. The van der Waals surface area contributed by atoms with Crippen LogP contribution in [0.5, 0.6) is 0 Å². The van der Waals surface area contributed by atoms with Crippen LogP contribution in [0.4, 0.5) is 14.5 Å². The van der Waals surface area contributed by atoms with E-state index in [-0.39, 0.29) is 11.8 Å². The van der Waals surface area contributed by atoms with E-state index in [0.717, 1.165) is 24.5 Å². The molecular weight excluding hydrogens is 477 g/mol. The van der Waals surface area contributed by atoms with Crippen LogP contribution in [0.2, 0.25) is 10.0 Å². The Hall–Kier alpha value is -2.47. The summed E-state index contributed by atoms with van der Waals surface area (Å²) < 4.78 is 28.6. The molecule has 3 nitrogen and oxygen atoms in total. The van der Waals surface area contributed by atoms with Gasteiger partial charge in [0.15, 0.2) is 0 Å². The summed E-state index contributed by atoms with van der Waals surface area (Å²) in [5, 5.41) is 4.38. The molecule has 5 rings (SSSR count). The van der Waals surface area contributed by atoms with Crippen LogP contribution in [0.1, 0.15) is 30.9 Å². The predicted molar refractivity (Wildman–Crippen MR) is 131 cm³/mol. The molecule has 3 aromatic carbocycles. The van der Waals surface area contributed by atoms with Crippen molar-refractivity contribution >= 4 is 34.8 Å². The molecule has 7 heteroatoms. The highest BCUT2D eigenvalue weighted by atomic mass is 35.5. The molecule has 0 bridgehead atoms. The fraction of sp³-hybridized carbons (Fsp3) is 0.296. The van der Waals surface area contributed by atoms with Crippen molar-refractivity contribution in [1.29, 1.82) is 0 Å². The summed E-state index contributed by atoms with van der Waals surface area (Å²) in [5.41, 5.74) is 0.291. The van der Waals surface area contributed by atoms with Crippen molar-refractivity contribution < 1.29 is 13.6 Å². The maximum Gasteiger partial charge on any atom is 0.238 e. The van der Waals surface area contributed by atoms with E-state index >= 15 is 0 Å². The minimum absolute atomic E-state index is 0.114. The largest absolute Gasteiger partial charge is 0.316 e. The molecule has 1 amide bonds. The van der Waals surface area contributed by atoms with Crippen LogP contribution < -0.4 is 10.2 Å². The summed E-state index contributed by atoms with van der Waals surface area (Å²) in [6, 6.07) is 18.0. The van der Waals surface area contributed by atoms with Crippen molar-refractivity contribution in [2.75, 3.05) is 18.0 Å². The summed E-state index contributed by atoms with van der Waals surface area (Å²) in [5.74, 6) is -1.70. The molecule has 2 fully saturated rings. The van der Waals surface area contributed by atoms with Crippen molar-refractivity contribution in [3.8, 4) is 0 Å². The van der Waals surface area contributed by atoms with E-state index in [4.69, 9.17) is 23.2 Å². The first-order valence-electron chi connectivity index (χ1n) is 11.3. The summed E-state index contributed by atoms with van der Waals surface area (Å²) in [6.45, 7) is 2.97. The van der Waals surface area contributed by atoms with E-state index in [9.17, 15) is 13.6 Å². The fourth-order valence-electron chi connectivity index (χ4n) is 4.99. The Morgan fingerprint density at radius 1 is 0.941 bits per heavy atom. The van der Waals surface area contributed by atoms with Gasteiger partial charge in [0.2, 0.25) is 5.91 Å². The van der Waals surface area contributed by atoms with E-state index in [1.165, 1.54) is 12.1 Å². The van der Waals surface area contributed by atoms with Crippen molar-refractivity contribution in [1.82, 2.24) is 5.32 Å². The standard InChI is InChI=1S/C27H24Cl2F2N2O/c1-26(19-15-32-16-19,18-12-22(30)14-23(31)13-18)25(34)33(24-8-6-21(29)7-9-24)27(10-11-27)17-2-4-20(28)5-3-17/h2-9,12-14,19,32H,10-11,15-16H2,1H3. The Morgan fingerprint density at radius 3 is 1.94 bits per heavy atom. The number of amides is 1. The first kappa shape index (κ1) is 23.3. The maximum atomic E-state index is 14.6. The average molecular weight is 501 g/mol. The zero-order valence-corrected chi connectivity index (χ0v) is 20.1. The highest BCUT2D eigenvalue weighted by molar-refractivity contribution is 6.31. The molecule has 176 valence electrons. The van der Waals surface area contributed by atoms with Gasteiger partial charge in [-0.1, -0.05) is 35.3 Å². The molecule has 1 aliphatic carbocycles. The quantitative estimate of drug-likeness (QED) is 0.420. The van der Waals surface area contributed by atoms with Gasteiger partial charge < -0.3 is 10.2 Å². The van der Waals surface area contributed by atoms with Gasteiger partial charge >= 0.3 is 0 Å². The van der Waals surface area contributed by atoms with Crippen LogP contribution in [-0.2, 0) is 15.7 Å². The molecule has 1 saturated heterocycles. The summed E-state index contributed by atoms with van der Waals surface area (Å²) in [7, 11) is 0. The Kier molecular flexibility index (Phi) is 5.91. The SMILES string of the molecule is CC(C(=O)N(c1ccc(Cl)cc1)C1(c2ccc(Cl)cc2)CC1)(c1cc(F)cc(F)c1)C1CNC1. The minimum atomic E-state index is -1.14. The first-order valence-corrected chi connectivity index (χ1v) is 12.0. The van der Waals surface area contributed by atoms with E-state index in [0.29, 0.717) is 34.4 Å². The number of hydrogen-bond donors (Lipinski definition) is 1. The normalized spacial score (nSPS) is 18.6. The van der Waals surface area contributed by atoms with E-state index in [1.807, 2.05) is 41.3 Å². The Morgan fingerprint density at radius 2 is 1.47 bits per heavy atom. The van der Waals surface area contributed by atoms with Crippen LogP contribution in [0, 0.1) is 17.6 Å². The highest BCUT2D eigenvalue weighted by Gasteiger charge is 2.57.